The quantitative estimate of drug-likeness (QED) is 0.394. The normalized spacial score (nSPS) is 15.8. The Balaban J connectivity index is 1.82. The number of hydrogen-bond donors (Lipinski definition) is 0. The Hall–Kier alpha value is -3.05. The van der Waals surface area contributed by atoms with Gasteiger partial charge >= 0.3 is 5.97 Å². The number of aromatic nitrogens is 1. The van der Waals surface area contributed by atoms with Gasteiger partial charge in [-0.3, -0.25) is 0 Å². The number of pyridine rings is 1. The van der Waals surface area contributed by atoms with Gasteiger partial charge in [0.1, 0.15) is 17.5 Å². The van der Waals surface area contributed by atoms with E-state index in [0.29, 0.717) is 30.4 Å². The molecule has 2 aromatic rings. The number of nitrogens with zero attached hydrogens (tertiary/aromatic N) is 3. The summed E-state index contributed by atoms with van der Waals surface area (Å²) >= 11 is 0. The van der Waals surface area contributed by atoms with Gasteiger partial charge in [0.15, 0.2) is 21.6 Å². The van der Waals surface area contributed by atoms with Crippen molar-refractivity contribution in [1.82, 2.24) is 4.98 Å². The molecule has 33 heavy (non-hydrogen) atoms. The molecule has 3 rings (SSSR count). The van der Waals surface area contributed by atoms with Crippen molar-refractivity contribution in [3.8, 4) is 17.4 Å². The van der Waals surface area contributed by atoms with E-state index in [4.69, 9.17) is 18.9 Å². The smallest absolute Gasteiger partial charge is 0.332 e. The van der Waals surface area contributed by atoms with E-state index in [2.05, 4.69) is 15.2 Å². The van der Waals surface area contributed by atoms with Gasteiger partial charge in [-0.15, -0.1) is 0 Å². The first-order valence-corrected chi connectivity index (χ1v) is 12.5. The molecule has 2 heterocycles. The molecule has 1 unspecified atom stereocenters. The Morgan fingerprint density at radius 2 is 2.00 bits per heavy atom. The molecule has 0 spiro atoms. The van der Waals surface area contributed by atoms with Crippen LogP contribution in [0.15, 0.2) is 51.7 Å². The first-order valence-electron chi connectivity index (χ1n) is 10.6. The van der Waals surface area contributed by atoms with Gasteiger partial charge in [0, 0.05) is 37.4 Å². The molecule has 11 heteroatoms. The molecule has 10 nitrogen and oxygen atoms in total. The first-order chi connectivity index (χ1) is 15.8. The predicted octanol–water partition coefficient (Wildman–Crippen LogP) is 3.87. The number of rotatable bonds is 9. The second-order valence-corrected chi connectivity index (χ2v) is 9.42. The summed E-state index contributed by atoms with van der Waals surface area (Å²) in [6.45, 7) is 4.80. The highest BCUT2D eigenvalue weighted by atomic mass is 32.2. The Kier molecular flexibility index (Phi) is 8.34. The highest BCUT2D eigenvalue weighted by Crippen LogP contribution is 2.35. The molecule has 1 fully saturated rings. The number of esters is 1. The summed E-state index contributed by atoms with van der Waals surface area (Å²) in [4.78, 5) is 16.0. The van der Waals surface area contributed by atoms with Crippen molar-refractivity contribution in [3.05, 3.63) is 36.5 Å². The lowest BCUT2D eigenvalue weighted by molar-refractivity contribution is -0.144. The van der Waals surface area contributed by atoms with Crippen LogP contribution in [0.5, 0.6) is 17.4 Å². The van der Waals surface area contributed by atoms with E-state index >= 15 is 0 Å². The zero-order valence-corrected chi connectivity index (χ0v) is 19.6. The van der Waals surface area contributed by atoms with E-state index < -0.39 is 21.8 Å². The van der Waals surface area contributed by atoms with Crippen molar-refractivity contribution in [2.75, 3.05) is 26.1 Å². The lowest BCUT2D eigenvalue weighted by Crippen LogP contribution is -2.25. The highest BCUT2D eigenvalue weighted by Gasteiger charge is 2.19. The zero-order chi connectivity index (χ0) is 23.8. The number of carbonyl (C=O) groups is 1. The summed E-state index contributed by atoms with van der Waals surface area (Å²) in [5.74, 6) is 0.627. The van der Waals surface area contributed by atoms with E-state index in [0.717, 1.165) is 19.1 Å². The monoisotopic (exact) mass is 477 g/mol. The molecule has 0 radical (unpaired) electrons. The van der Waals surface area contributed by atoms with Crippen molar-refractivity contribution in [1.29, 1.82) is 0 Å². The Labute approximate surface area is 192 Å². The molecule has 1 aliphatic heterocycles. The van der Waals surface area contributed by atoms with Crippen LogP contribution < -0.4 is 9.47 Å². The predicted molar refractivity (Wildman–Crippen MR) is 119 cm³/mol. The van der Waals surface area contributed by atoms with Crippen LogP contribution in [-0.4, -0.2) is 57.6 Å². The third kappa shape index (κ3) is 7.22. The molecule has 0 amide bonds. The van der Waals surface area contributed by atoms with E-state index in [9.17, 15) is 13.2 Å². The SMILES string of the molecule is CCOC(=O)C(C)N=Nc1ccc(Oc2ccc(S(C)(=O)=O)cn2)cc1OC1CCOCC1. The minimum atomic E-state index is -3.35. The van der Waals surface area contributed by atoms with Gasteiger partial charge in [0.2, 0.25) is 5.88 Å². The van der Waals surface area contributed by atoms with E-state index in [1.165, 1.54) is 18.3 Å². The Bertz CT molecular complexity index is 1080. The fourth-order valence-electron chi connectivity index (χ4n) is 2.93. The molecule has 0 N–H and O–H groups in total. The van der Waals surface area contributed by atoms with E-state index in [-0.39, 0.29) is 23.5 Å². The maximum absolute atomic E-state index is 11.8. The van der Waals surface area contributed by atoms with Crippen LogP contribution in [0.2, 0.25) is 0 Å². The molecule has 1 aromatic carbocycles. The summed E-state index contributed by atoms with van der Waals surface area (Å²) in [6, 6.07) is 7.13. The number of benzene rings is 1. The molecule has 1 saturated heterocycles. The Morgan fingerprint density at radius 3 is 2.64 bits per heavy atom. The van der Waals surface area contributed by atoms with Crippen molar-refractivity contribution in [2.45, 2.75) is 43.7 Å². The van der Waals surface area contributed by atoms with Crippen molar-refractivity contribution < 1.29 is 32.2 Å². The molecular weight excluding hydrogens is 450 g/mol. The molecule has 178 valence electrons. The number of sulfone groups is 1. The molecule has 0 aliphatic carbocycles. The van der Waals surface area contributed by atoms with Crippen molar-refractivity contribution >= 4 is 21.5 Å². The van der Waals surface area contributed by atoms with Gasteiger partial charge < -0.3 is 18.9 Å². The van der Waals surface area contributed by atoms with Gasteiger partial charge in [-0.25, -0.2) is 18.2 Å². The standard InChI is InChI=1S/C22H27N3O7S/c1-4-30-22(26)15(2)24-25-19-7-5-17(13-20(19)31-16-9-11-29-12-10-16)32-21-8-6-18(14-23-21)33(3,27)28/h5-8,13-16H,4,9-12H2,1-3H3. The fourth-order valence-corrected chi connectivity index (χ4v) is 3.49. The van der Waals surface area contributed by atoms with Crippen molar-refractivity contribution in [3.63, 3.8) is 0 Å². The lowest BCUT2D eigenvalue weighted by atomic mass is 10.1. The number of hydrogen-bond acceptors (Lipinski definition) is 10. The second-order valence-electron chi connectivity index (χ2n) is 7.41. The van der Waals surface area contributed by atoms with Gasteiger partial charge in [0.25, 0.3) is 0 Å². The van der Waals surface area contributed by atoms with Crippen LogP contribution in [0.1, 0.15) is 26.7 Å². The largest absolute Gasteiger partial charge is 0.488 e. The minimum absolute atomic E-state index is 0.0578. The van der Waals surface area contributed by atoms with Crippen LogP contribution in [0.4, 0.5) is 5.69 Å². The average Bonchev–Trinajstić information content (AvgIpc) is 2.79. The average molecular weight is 478 g/mol. The summed E-state index contributed by atoms with van der Waals surface area (Å²) in [5, 5.41) is 8.24. The molecule has 1 aromatic heterocycles. The number of carbonyl (C=O) groups excluding carboxylic acids is 1. The minimum Gasteiger partial charge on any atom is -0.488 e. The molecule has 0 saturated carbocycles. The highest BCUT2D eigenvalue weighted by molar-refractivity contribution is 7.90. The van der Waals surface area contributed by atoms with Gasteiger partial charge in [-0.1, -0.05) is 0 Å². The van der Waals surface area contributed by atoms with Crippen LogP contribution in [-0.2, 0) is 24.1 Å². The first kappa shape index (κ1) is 24.6. The van der Waals surface area contributed by atoms with Crippen molar-refractivity contribution in [2.24, 2.45) is 10.2 Å². The maximum Gasteiger partial charge on any atom is 0.332 e. The summed E-state index contributed by atoms with van der Waals surface area (Å²) in [6.07, 6.45) is 3.76. The fraction of sp³-hybridized carbons (Fsp3) is 0.455. The van der Waals surface area contributed by atoms with Crippen LogP contribution in [0.3, 0.4) is 0 Å². The van der Waals surface area contributed by atoms with E-state index in [1.54, 1.807) is 32.0 Å². The van der Waals surface area contributed by atoms with E-state index in [1.807, 2.05) is 0 Å². The van der Waals surface area contributed by atoms with Gasteiger partial charge in [0.05, 0.1) is 24.7 Å². The second kappa shape index (κ2) is 11.2. The molecule has 1 atom stereocenters. The van der Waals surface area contributed by atoms with Crippen LogP contribution in [0, 0.1) is 0 Å². The Morgan fingerprint density at radius 1 is 1.24 bits per heavy atom. The van der Waals surface area contributed by atoms with Gasteiger partial charge in [-0.2, -0.15) is 10.2 Å². The number of ether oxygens (including phenoxy) is 4. The topological polar surface area (TPSA) is 126 Å². The third-order valence-corrected chi connectivity index (χ3v) is 5.82. The lowest BCUT2D eigenvalue weighted by Gasteiger charge is -2.24. The zero-order valence-electron chi connectivity index (χ0n) is 18.8. The summed E-state index contributed by atoms with van der Waals surface area (Å²) in [5.41, 5.74) is 0.436. The third-order valence-electron chi connectivity index (χ3n) is 4.72. The summed E-state index contributed by atoms with van der Waals surface area (Å²) < 4.78 is 45.5. The maximum atomic E-state index is 11.8. The van der Waals surface area contributed by atoms with Crippen LogP contribution >= 0.6 is 0 Å². The van der Waals surface area contributed by atoms with Crippen LogP contribution in [0.25, 0.3) is 0 Å². The molecule has 1 aliphatic rings. The molecule has 0 bridgehead atoms. The number of azo groups is 1. The van der Waals surface area contributed by atoms with Gasteiger partial charge in [-0.05, 0) is 32.0 Å². The summed E-state index contributed by atoms with van der Waals surface area (Å²) in [7, 11) is -3.35. The molecular formula is C22H27N3O7S.